The van der Waals surface area contributed by atoms with Crippen LogP contribution in [0.5, 0.6) is 5.75 Å². The first-order valence-electron chi connectivity index (χ1n) is 9.79. The maximum atomic E-state index is 13.9. The number of fused-ring (bicyclic) bond motifs is 3. The van der Waals surface area contributed by atoms with Gasteiger partial charge >= 0.3 is 5.97 Å². The molecule has 0 spiro atoms. The molecule has 2 aliphatic rings. The summed E-state index contributed by atoms with van der Waals surface area (Å²) in [6, 6.07) is 24.9. The van der Waals surface area contributed by atoms with Crippen LogP contribution in [0, 0.1) is 5.92 Å². The molecule has 0 saturated heterocycles. The minimum absolute atomic E-state index is 0.367. The number of hydrogen-bond donors (Lipinski definition) is 1. The third-order valence-electron chi connectivity index (χ3n) is 6.31. The van der Waals surface area contributed by atoms with Gasteiger partial charge in [0.05, 0.1) is 13.0 Å². The second-order valence-electron chi connectivity index (χ2n) is 7.66. The van der Waals surface area contributed by atoms with Crippen molar-refractivity contribution in [2.45, 2.75) is 17.1 Å². The van der Waals surface area contributed by atoms with Gasteiger partial charge in [-0.2, -0.15) is 0 Å². The lowest BCUT2D eigenvalue weighted by atomic mass is 9.73. The van der Waals surface area contributed by atoms with E-state index < -0.39 is 34.8 Å². The van der Waals surface area contributed by atoms with Gasteiger partial charge in [0.1, 0.15) is 11.7 Å². The van der Waals surface area contributed by atoms with E-state index in [1.807, 2.05) is 12.1 Å². The van der Waals surface area contributed by atoms with Crippen LogP contribution in [0.25, 0.3) is 0 Å². The highest BCUT2D eigenvalue weighted by atomic mass is 16.5. The molecule has 1 heterocycles. The van der Waals surface area contributed by atoms with Crippen LogP contribution in [0.2, 0.25) is 0 Å². The Kier molecular flexibility index (Phi) is 4.05. The van der Waals surface area contributed by atoms with Crippen LogP contribution in [-0.4, -0.2) is 24.0 Å². The van der Waals surface area contributed by atoms with Crippen molar-refractivity contribution in [1.29, 1.82) is 0 Å². The number of benzene rings is 3. The summed E-state index contributed by atoms with van der Waals surface area (Å²) in [5, 5.41) is 12.1. The second kappa shape index (κ2) is 6.54. The zero-order valence-electron chi connectivity index (χ0n) is 16.3. The SMILES string of the molecule is COC(=O)[C@H]1[C@H](c2ccccc2)C(=O)[C@@]2(O)c3ccccc3O[C@@]12c1ccccc1. The van der Waals surface area contributed by atoms with Crippen LogP contribution >= 0.6 is 0 Å². The summed E-state index contributed by atoms with van der Waals surface area (Å²) in [6.45, 7) is 0. The van der Waals surface area contributed by atoms with Crippen molar-refractivity contribution in [3.8, 4) is 5.75 Å². The Labute approximate surface area is 173 Å². The van der Waals surface area contributed by atoms with Crippen molar-refractivity contribution in [3.63, 3.8) is 0 Å². The molecular weight excluding hydrogens is 380 g/mol. The molecule has 4 atom stereocenters. The standard InChI is InChI=1S/C25H20O5/c1-29-23(27)21-20(16-10-4-2-5-11-16)22(26)24(28)18-14-8-9-15-19(18)30-25(21,24)17-12-6-3-7-13-17/h2-15,20-21,28H,1H3/t20-,21+,24-,25-/m0/s1. The summed E-state index contributed by atoms with van der Waals surface area (Å²) in [5.41, 5.74) is -2.12. The number of carbonyl (C=O) groups excluding carboxylic acids is 2. The van der Waals surface area contributed by atoms with Crippen molar-refractivity contribution in [3.05, 3.63) is 102 Å². The van der Waals surface area contributed by atoms with Gasteiger partial charge in [0.2, 0.25) is 0 Å². The molecule has 30 heavy (non-hydrogen) atoms. The van der Waals surface area contributed by atoms with E-state index in [-0.39, 0.29) is 0 Å². The fraction of sp³-hybridized carbons (Fsp3) is 0.200. The number of carbonyl (C=O) groups is 2. The second-order valence-corrected chi connectivity index (χ2v) is 7.66. The van der Waals surface area contributed by atoms with E-state index in [0.717, 1.165) is 0 Å². The topological polar surface area (TPSA) is 72.8 Å². The molecule has 1 saturated carbocycles. The minimum atomic E-state index is -2.04. The van der Waals surface area contributed by atoms with Crippen LogP contribution in [0.1, 0.15) is 22.6 Å². The summed E-state index contributed by atoms with van der Waals surface area (Å²) in [4.78, 5) is 27.1. The zero-order chi connectivity index (χ0) is 20.9. The number of para-hydroxylation sites is 1. The van der Waals surface area contributed by atoms with Gasteiger partial charge in [0.15, 0.2) is 17.0 Å². The van der Waals surface area contributed by atoms with E-state index in [1.165, 1.54) is 7.11 Å². The lowest BCUT2D eigenvalue weighted by Gasteiger charge is -2.37. The van der Waals surface area contributed by atoms with Crippen molar-refractivity contribution >= 4 is 11.8 Å². The first-order valence-corrected chi connectivity index (χ1v) is 9.79. The maximum absolute atomic E-state index is 13.9. The fourth-order valence-electron chi connectivity index (χ4n) is 5.08. The average Bonchev–Trinajstić information content (AvgIpc) is 3.18. The van der Waals surface area contributed by atoms with Gasteiger partial charge in [-0.25, -0.2) is 0 Å². The summed E-state index contributed by atoms with van der Waals surface area (Å²) >= 11 is 0. The predicted molar refractivity (Wildman–Crippen MR) is 109 cm³/mol. The number of rotatable bonds is 3. The lowest BCUT2D eigenvalue weighted by Crippen LogP contribution is -2.53. The number of hydrogen-bond acceptors (Lipinski definition) is 5. The van der Waals surface area contributed by atoms with Gasteiger partial charge in [0, 0.05) is 11.1 Å². The third-order valence-corrected chi connectivity index (χ3v) is 6.31. The van der Waals surface area contributed by atoms with Crippen molar-refractivity contribution in [2.75, 3.05) is 7.11 Å². The Morgan fingerprint density at radius 1 is 0.933 bits per heavy atom. The van der Waals surface area contributed by atoms with Gasteiger partial charge in [0.25, 0.3) is 0 Å². The number of aliphatic hydroxyl groups is 1. The molecule has 1 aliphatic carbocycles. The van der Waals surface area contributed by atoms with Gasteiger partial charge < -0.3 is 14.6 Å². The molecular formula is C25H20O5. The highest BCUT2D eigenvalue weighted by Gasteiger charge is 2.78. The van der Waals surface area contributed by atoms with Crippen LogP contribution in [0.3, 0.4) is 0 Å². The molecule has 0 aromatic heterocycles. The first-order chi connectivity index (χ1) is 14.6. The van der Waals surface area contributed by atoms with Crippen LogP contribution < -0.4 is 4.74 Å². The maximum Gasteiger partial charge on any atom is 0.314 e. The Morgan fingerprint density at radius 2 is 1.53 bits per heavy atom. The number of ether oxygens (including phenoxy) is 2. The molecule has 3 aromatic carbocycles. The average molecular weight is 400 g/mol. The van der Waals surface area contributed by atoms with E-state index in [2.05, 4.69) is 0 Å². The molecule has 1 aliphatic heterocycles. The van der Waals surface area contributed by atoms with Crippen LogP contribution in [0.15, 0.2) is 84.9 Å². The predicted octanol–water partition coefficient (Wildman–Crippen LogP) is 3.32. The molecule has 1 fully saturated rings. The minimum Gasteiger partial charge on any atom is -0.477 e. The van der Waals surface area contributed by atoms with E-state index in [0.29, 0.717) is 22.4 Å². The third kappa shape index (κ3) is 2.15. The van der Waals surface area contributed by atoms with Gasteiger partial charge in [-0.05, 0) is 11.6 Å². The lowest BCUT2D eigenvalue weighted by molar-refractivity contribution is -0.168. The molecule has 0 amide bonds. The monoisotopic (exact) mass is 400 g/mol. The molecule has 5 nitrogen and oxygen atoms in total. The molecule has 5 rings (SSSR count). The Morgan fingerprint density at radius 3 is 2.20 bits per heavy atom. The van der Waals surface area contributed by atoms with Crippen molar-refractivity contribution in [2.24, 2.45) is 5.92 Å². The van der Waals surface area contributed by atoms with Crippen molar-refractivity contribution < 1.29 is 24.2 Å². The van der Waals surface area contributed by atoms with Crippen LogP contribution in [-0.2, 0) is 25.5 Å². The normalized spacial score (nSPS) is 29.1. The van der Waals surface area contributed by atoms with E-state index in [4.69, 9.17) is 9.47 Å². The Hall–Kier alpha value is -3.44. The van der Waals surface area contributed by atoms with E-state index in [9.17, 15) is 14.7 Å². The van der Waals surface area contributed by atoms with Gasteiger partial charge in [-0.1, -0.05) is 78.9 Å². The summed E-state index contributed by atoms with van der Waals surface area (Å²) in [5.74, 6) is -2.69. The quantitative estimate of drug-likeness (QED) is 0.683. The fourth-order valence-corrected chi connectivity index (χ4v) is 5.08. The number of Topliss-reactive ketones (excluding diaryl/α,β-unsaturated/α-hetero) is 1. The number of esters is 1. The molecule has 0 radical (unpaired) electrons. The zero-order valence-corrected chi connectivity index (χ0v) is 16.3. The number of ketones is 1. The molecule has 150 valence electrons. The Bertz CT molecular complexity index is 1130. The number of methoxy groups -OCH3 is 1. The molecule has 3 aromatic rings. The molecule has 1 N–H and O–H groups in total. The largest absolute Gasteiger partial charge is 0.477 e. The molecule has 5 heteroatoms. The smallest absolute Gasteiger partial charge is 0.314 e. The van der Waals surface area contributed by atoms with Crippen LogP contribution in [0.4, 0.5) is 0 Å². The summed E-state index contributed by atoms with van der Waals surface area (Å²) < 4.78 is 11.5. The highest BCUT2D eigenvalue weighted by Crippen LogP contribution is 2.66. The molecule has 0 unspecified atom stereocenters. The van der Waals surface area contributed by atoms with Crippen molar-refractivity contribution in [1.82, 2.24) is 0 Å². The summed E-state index contributed by atoms with van der Waals surface area (Å²) in [7, 11) is 1.28. The van der Waals surface area contributed by atoms with E-state index in [1.54, 1.807) is 72.8 Å². The molecule has 0 bridgehead atoms. The first kappa shape index (κ1) is 18.6. The summed E-state index contributed by atoms with van der Waals surface area (Å²) in [6.07, 6.45) is 0. The highest BCUT2D eigenvalue weighted by molar-refractivity contribution is 6.05. The van der Waals surface area contributed by atoms with Gasteiger partial charge in [-0.15, -0.1) is 0 Å². The Balaban J connectivity index is 1.86. The van der Waals surface area contributed by atoms with Gasteiger partial charge in [-0.3, -0.25) is 9.59 Å². The van der Waals surface area contributed by atoms with E-state index >= 15 is 0 Å².